The molecule has 2 aromatic rings. The molecule has 0 radical (unpaired) electrons. The third-order valence-electron chi connectivity index (χ3n) is 7.78. The average Bonchev–Trinajstić information content (AvgIpc) is 3.56. The standard InChI is InChI=1S/C32H45N9O7/c1-3-4-10-23(37-19(2)42)29(45)39-24-11-12-27(43)35-14-13-22(28(33)44)38-31(47)25(15-20-8-6-5-7-9-20)40-32(48)26(41-30(24)46)16-21-17-34-18-36-21/h5-9,17-18,22-26H,3-4,10-16H2,1-2H3,(H2,33,44)(H,34,36)(H,35,43)(H,37,42)(H,38,47)(H,39,45)(H,40,48)(H,41,46). The van der Waals surface area contributed by atoms with Gasteiger partial charge in [-0.2, -0.15) is 0 Å². The van der Waals surface area contributed by atoms with Crippen molar-refractivity contribution in [3.8, 4) is 0 Å². The zero-order chi connectivity index (χ0) is 35.1. The second kappa shape index (κ2) is 18.8. The molecule has 0 bridgehead atoms. The molecule has 5 unspecified atom stereocenters. The van der Waals surface area contributed by atoms with Gasteiger partial charge in [0.1, 0.15) is 30.2 Å². The fraction of sp³-hybridized carbons (Fsp3) is 0.500. The summed E-state index contributed by atoms with van der Waals surface area (Å²) < 4.78 is 0. The van der Waals surface area contributed by atoms with E-state index < -0.39 is 71.6 Å². The minimum atomic E-state index is -1.27. The number of aromatic amines is 1. The van der Waals surface area contributed by atoms with Gasteiger partial charge in [-0.25, -0.2) is 4.98 Å². The summed E-state index contributed by atoms with van der Waals surface area (Å²) in [4.78, 5) is 98.1. The van der Waals surface area contributed by atoms with Crippen molar-refractivity contribution in [3.63, 3.8) is 0 Å². The Morgan fingerprint density at radius 1 is 0.958 bits per heavy atom. The summed E-state index contributed by atoms with van der Waals surface area (Å²) >= 11 is 0. The van der Waals surface area contributed by atoms with Crippen LogP contribution in [0.4, 0.5) is 0 Å². The zero-order valence-electron chi connectivity index (χ0n) is 27.2. The molecule has 0 aliphatic carbocycles. The smallest absolute Gasteiger partial charge is 0.243 e. The molecule has 1 saturated heterocycles. The van der Waals surface area contributed by atoms with Crippen LogP contribution in [0, 0.1) is 0 Å². The number of nitrogens with zero attached hydrogens (tertiary/aromatic N) is 1. The molecule has 16 heteroatoms. The van der Waals surface area contributed by atoms with Crippen molar-refractivity contribution in [2.75, 3.05) is 6.54 Å². The van der Waals surface area contributed by atoms with E-state index >= 15 is 0 Å². The van der Waals surface area contributed by atoms with Gasteiger partial charge < -0.3 is 42.6 Å². The van der Waals surface area contributed by atoms with Gasteiger partial charge in [-0.3, -0.25) is 33.6 Å². The number of benzene rings is 1. The van der Waals surface area contributed by atoms with Gasteiger partial charge in [0.25, 0.3) is 0 Å². The second-order valence-electron chi connectivity index (χ2n) is 11.7. The SMILES string of the molecule is CCCCC(NC(C)=O)C(=O)NC1CCC(=O)NCCC(C(N)=O)NC(=O)C(Cc2ccccc2)NC(=O)C(Cc2cnc[nH]2)NC1=O. The van der Waals surface area contributed by atoms with Crippen LogP contribution in [0.5, 0.6) is 0 Å². The van der Waals surface area contributed by atoms with E-state index in [9.17, 15) is 33.6 Å². The Bertz CT molecular complexity index is 1420. The number of rotatable bonds is 11. The van der Waals surface area contributed by atoms with Gasteiger partial charge in [0.05, 0.1) is 6.33 Å². The van der Waals surface area contributed by atoms with E-state index in [0.29, 0.717) is 24.1 Å². The Morgan fingerprint density at radius 2 is 1.65 bits per heavy atom. The summed E-state index contributed by atoms with van der Waals surface area (Å²) in [6.45, 7) is 3.18. The lowest BCUT2D eigenvalue weighted by molar-refractivity contribution is -0.135. The third-order valence-corrected chi connectivity index (χ3v) is 7.78. The van der Waals surface area contributed by atoms with Crippen molar-refractivity contribution in [2.45, 2.75) is 95.4 Å². The van der Waals surface area contributed by atoms with E-state index in [1.165, 1.54) is 19.4 Å². The topological polar surface area (TPSA) is 246 Å². The number of aromatic nitrogens is 2. The van der Waals surface area contributed by atoms with Crippen molar-refractivity contribution in [1.82, 2.24) is 41.9 Å². The molecule has 7 amide bonds. The van der Waals surface area contributed by atoms with E-state index in [2.05, 4.69) is 41.9 Å². The summed E-state index contributed by atoms with van der Waals surface area (Å²) in [5.74, 6) is -4.52. The molecule has 0 saturated carbocycles. The molecular formula is C32H45N9O7. The lowest BCUT2D eigenvalue weighted by atomic mass is 10.0. The molecule has 260 valence electrons. The molecule has 1 aliphatic heterocycles. The van der Waals surface area contributed by atoms with Crippen molar-refractivity contribution >= 4 is 41.4 Å². The van der Waals surface area contributed by atoms with Gasteiger partial charge in [-0.15, -0.1) is 0 Å². The maximum absolute atomic E-state index is 13.8. The molecule has 3 rings (SSSR count). The molecule has 2 heterocycles. The zero-order valence-corrected chi connectivity index (χ0v) is 27.2. The Kier molecular flexibility index (Phi) is 14.5. The normalized spacial score (nSPS) is 21.9. The van der Waals surface area contributed by atoms with Crippen LogP contribution in [0.1, 0.15) is 63.6 Å². The molecule has 1 aliphatic rings. The summed E-state index contributed by atoms with van der Waals surface area (Å²) in [5, 5.41) is 15.8. The average molecular weight is 668 g/mol. The van der Waals surface area contributed by atoms with E-state index in [4.69, 9.17) is 5.73 Å². The molecule has 1 aromatic heterocycles. The van der Waals surface area contributed by atoms with E-state index in [1.54, 1.807) is 30.3 Å². The number of nitrogens with one attached hydrogen (secondary N) is 7. The molecule has 5 atom stereocenters. The summed E-state index contributed by atoms with van der Waals surface area (Å²) in [5.41, 5.74) is 6.76. The van der Waals surface area contributed by atoms with Crippen LogP contribution in [-0.4, -0.2) is 88.1 Å². The minimum absolute atomic E-state index is 0.0282. The van der Waals surface area contributed by atoms with Gasteiger partial charge in [0.15, 0.2) is 0 Å². The van der Waals surface area contributed by atoms with Crippen molar-refractivity contribution in [3.05, 3.63) is 54.1 Å². The van der Waals surface area contributed by atoms with Gasteiger partial charge >= 0.3 is 0 Å². The lowest BCUT2D eigenvalue weighted by Gasteiger charge is -2.27. The molecule has 16 nitrogen and oxygen atoms in total. The monoisotopic (exact) mass is 667 g/mol. The molecule has 9 N–H and O–H groups in total. The van der Waals surface area contributed by atoms with Gasteiger partial charge in [-0.05, 0) is 24.8 Å². The quantitative estimate of drug-likeness (QED) is 0.141. The first-order valence-corrected chi connectivity index (χ1v) is 16.0. The van der Waals surface area contributed by atoms with Crippen LogP contribution in [0.3, 0.4) is 0 Å². The van der Waals surface area contributed by atoms with Gasteiger partial charge in [-0.1, -0.05) is 50.1 Å². The van der Waals surface area contributed by atoms with Crippen LogP contribution in [-0.2, 0) is 46.4 Å². The number of imidazole rings is 1. The first kappa shape index (κ1) is 37.2. The number of amides is 7. The van der Waals surface area contributed by atoms with E-state index in [1.807, 2.05) is 6.92 Å². The third kappa shape index (κ3) is 12.1. The predicted molar refractivity (Wildman–Crippen MR) is 173 cm³/mol. The van der Waals surface area contributed by atoms with Gasteiger partial charge in [0.2, 0.25) is 41.4 Å². The predicted octanol–water partition coefficient (Wildman–Crippen LogP) is -1.39. The first-order valence-electron chi connectivity index (χ1n) is 16.0. The number of unbranched alkanes of at least 4 members (excludes halogenated alkanes) is 1. The number of carbonyl (C=O) groups excluding carboxylic acids is 7. The van der Waals surface area contributed by atoms with Crippen LogP contribution < -0.4 is 37.6 Å². The van der Waals surface area contributed by atoms with Crippen LogP contribution >= 0.6 is 0 Å². The number of carbonyl (C=O) groups is 7. The Morgan fingerprint density at radius 3 is 2.29 bits per heavy atom. The maximum atomic E-state index is 13.8. The summed E-state index contributed by atoms with van der Waals surface area (Å²) in [6, 6.07) is 3.10. The van der Waals surface area contributed by atoms with E-state index in [0.717, 1.165) is 6.42 Å². The molecule has 48 heavy (non-hydrogen) atoms. The van der Waals surface area contributed by atoms with Crippen LogP contribution in [0.15, 0.2) is 42.9 Å². The van der Waals surface area contributed by atoms with Crippen molar-refractivity contribution < 1.29 is 33.6 Å². The second-order valence-corrected chi connectivity index (χ2v) is 11.7. The number of hydrogen-bond donors (Lipinski definition) is 8. The lowest BCUT2D eigenvalue weighted by Crippen LogP contribution is -2.60. The highest BCUT2D eigenvalue weighted by atomic mass is 16.2. The highest BCUT2D eigenvalue weighted by Crippen LogP contribution is 2.09. The Labute approximate surface area is 278 Å². The fourth-order valence-corrected chi connectivity index (χ4v) is 5.17. The number of H-pyrrole nitrogens is 1. The molecule has 0 spiro atoms. The summed E-state index contributed by atoms with van der Waals surface area (Å²) in [6.07, 6.45) is 4.20. The Balaban J connectivity index is 1.96. The van der Waals surface area contributed by atoms with Crippen molar-refractivity contribution in [1.29, 1.82) is 0 Å². The minimum Gasteiger partial charge on any atom is -0.368 e. The fourth-order valence-electron chi connectivity index (χ4n) is 5.17. The van der Waals surface area contributed by atoms with Crippen molar-refractivity contribution in [2.24, 2.45) is 5.73 Å². The first-order chi connectivity index (χ1) is 23.0. The van der Waals surface area contributed by atoms with Crippen LogP contribution in [0.2, 0.25) is 0 Å². The van der Waals surface area contributed by atoms with Crippen LogP contribution in [0.25, 0.3) is 0 Å². The highest BCUT2D eigenvalue weighted by Gasteiger charge is 2.33. The molecule has 1 fully saturated rings. The number of nitrogens with two attached hydrogens (primary N) is 1. The number of primary amides is 1. The molecular weight excluding hydrogens is 622 g/mol. The maximum Gasteiger partial charge on any atom is 0.243 e. The summed E-state index contributed by atoms with van der Waals surface area (Å²) in [7, 11) is 0. The Hall–Kier alpha value is -5.28. The van der Waals surface area contributed by atoms with Gasteiger partial charge in [0, 0.05) is 44.6 Å². The molecule has 1 aromatic carbocycles. The number of hydrogen-bond acceptors (Lipinski definition) is 8. The van der Waals surface area contributed by atoms with E-state index in [-0.39, 0.29) is 38.6 Å². The largest absolute Gasteiger partial charge is 0.368 e. The highest BCUT2D eigenvalue weighted by molar-refractivity contribution is 5.96.